The molecule has 0 saturated carbocycles. The molecule has 0 spiro atoms. The first-order chi connectivity index (χ1) is 13.5. The zero-order chi connectivity index (χ0) is 21.4. The van der Waals surface area contributed by atoms with E-state index in [1.54, 1.807) is 12.1 Å². The van der Waals surface area contributed by atoms with Crippen LogP contribution in [0.15, 0.2) is 48.7 Å². The maximum atomic E-state index is 13.1. The van der Waals surface area contributed by atoms with Crippen LogP contribution >= 0.6 is 11.6 Å². The van der Waals surface area contributed by atoms with Crippen molar-refractivity contribution in [1.82, 2.24) is 14.8 Å². The molecule has 3 rings (SSSR count). The fourth-order valence-electron chi connectivity index (χ4n) is 2.33. The van der Waals surface area contributed by atoms with E-state index in [1.165, 1.54) is 18.2 Å². The molecule has 5 nitrogen and oxygen atoms in total. The Morgan fingerprint density at radius 3 is 2.24 bits per heavy atom. The lowest BCUT2D eigenvalue weighted by Crippen LogP contribution is -2.15. The molecular formula is C17H9ClF6N4O. The molecule has 0 aliphatic rings. The summed E-state index contributed by atoms with van der Waals surface area (Å²) in [5.74, 6) is -1.11. The van der Waals surface area contributed by atoms with Crippen molar-refractivity contribution in [3.05, 3.63) is 70.6 Å². The van der Waals surface area contributed by atoms with Crippen molar-refractivity contribution in [2.45, 2.75) is 12.4 Å². The number of carbonyl (C=O) groups excluding carboxylic acids is 1. The average molecular weight is 435 g/mol. The molecule has 0 fully saturated rings. The van der Waals surface area contributed by atoms with E-state index < -0.39 is 35.5 Å². The van der Waals surface area contributed by atoms with Gasteiger partial charge in [0.15, 0.2) is 17.2 Å². The van der Waals surface area contributed by atoms with E-state index in [9.17, 15) is 31.1 Å². The standard InChI is InChI=1S/C17H9ClF6N4O/c18-11-4-2-1-3-10(11)15(29)26-9-5-6-14(25-8-9)28-13(17(22,23)24)7-12(27-28)16(19,20)21/h1-8H,(H,26,29). The molecule has 152 valence electrons. The van der Waals surface area contributed by atoms with Gasteiger partial charge >= 0.3 is 12.4 Å². The number of aromatic nitrogens is 3. The van der Waals surface area contributed by atoms with Crippen LogP contribution in [-0.4, -0.2) is 20.7 Å². The second-order valence-corrected chi connectivity index (χ2v) is 6.07. The van der Waals surface area contributed by atoms with E-state index in [-0.39, 0.29) is 27.0 Å². The minimum Gasteiger partial charge on any atom is -0.321 e. The highest BCUT2D eigenvalue weighted by molar-refractivity contribution is 6.34. The molecule has 0 radical (unpaired) electrons. The lowest BCUT2D eigenvalue weighted by Gasteiger charge is -2.10. The van der Waals surface area contributed by atoms with Crippen molar-refractivity contribution in [2.75, 3.05) is 5.32 Å². The van der Waals surface area contributed by atoms with Crippen molar-refractivity contribution in [1.29, 1.82) is 0 Å². The summed E-state index contributed by atoms with van der Waals surface area (Å²) in [7, 11) is 0. The summed E-state index contributed by atoms with van der Waals surface area (Å²) in [6.45, 7) is 0. The smallest absolute Gasteiger partial charge is 0.321 e. The number of hydrogen-bond acceptors (Lipinski definition) is 3. The Kier molecular flexibility index (Phi) is 5.26. The van der Waals surface area contributed by atoms with Gasteiger partial charge in [0.05, 0.1) is 22.5 Å². The van der Waals surface area contributed by atoms with Crippen molar-refractivity contribution in [2.24, 2.45) is 0 Å². The normalized spacial score (nSPS) is 12.1. The molecule has 29 heavy (non-hydrogen) atoms. The zero-order valence-corrected chi connectivity index (χ0v) is 14.8. The van der Waals surface area contributed by atoms with Gasteiger partial charge in [-0.05, 0) is 24.3 Å². The minimum absolute atomic E-state index is 0.0441. The van der Waals surface area contributed by atoms with Crippen LogP contribution in [0.3, 0.4) is 0 Å². The first kappa shape index (κ1) is 20.6. The fourth-order valence-corrected chi connectivity index (χ4v) is 2.55. The Balaban J connectivity index is 1.90. The van der Waals surface area contributed by atoms with Crippen molar-refractivity contribution >= 4 is 23.2 Å². The van der Waals surface area contributed by atoms with Crippen LogP contribution in [-0.2, 0) is 12.4 Å². The quantitative estimate of drug-likeness (QED) is 0.576. The molecule has 12 heteroatoms. The van der Waals surface area contributed by atoms with Crippen LogP contribution in [0.25, 0.3) is 5.82 Å². The molecule has 0 saturated heterocycles. The Morgan fingerprint density at radius 2 is 1.69 bits per heavy atom. The third-order valence-electron chi connectivity index (χ3n) is 3.63. The van der Waals surface area contributed by atoms with E-state index in [0.717, 1.165) is 12.3 Å². The molecule has 3 aromatic rings. The zero-order valence-electron chi connectivity index (χ0n) is 14.0. The van der Waals surface area contributed by atoms with Gasteiger partial charge in [-0.1, -0.05) is 23.7 Å². The lowest BCUT2D eigenvalue weighted by molar-refractivity contribution is -0.143. The highest BCUT2D eigenvalue weighted by atomic mass is 35.5. The Morgan fingerprint density at radius 1 is 1.00 bits per heavy atom. The van der Waals surface area contributed by atoms with E-state index in [0.29, 0.717) is 0 Å². The van der Waals surface area contributed by atoms with Crippen LogP contribution in [0.1, 0.15) is 21.7 Å². The predicted octanol–water partition coefficient (Wildman–Crippen LogP) is 5.21. The van der Waals surface area contributed by atoms with Gasteiger partial charge in [0.25, 0.3) is 5.91 Å². The summed E-state index contributed by atoms with van der Waals surface area (Å²) < 4.78 is 77.6. The number of benzene rings is 1. The fraction of sp³-hybridized carbons (Fsp3) is 0.118. The summed E-state index contributed by atoms with van der Waals surface area (Å²) in [4.78, 5) is 15.8. The number of anilines is 1. The number of amides is 1. The molecular weight excluding hydrogens is 426 g/mol. The summed E-state index contributed by atoms with van der Waals surface area (Å²) in [6, 6.07) is 8.21. The van der Waals surface area contributed by atoms with Crippen molar-refractivity contribution in [3.63, 3.8) is 0 Å². The van der Waals surface area contributed by atoms with Gasteiger partial charge in [-0.15, -0.1) is 0 Å². The summed E-state index contributed by atoms with van der Waals surface area (Å²) >= 11 is 5.90. The number of nitrogens with one attached hydrogen (secondary N) is 1. The van der Waals surface area contributed by atoms with Gasteiger partial charge in [-0.2, -0.15) is 31.4 Å². The Labute approximate surface area is 163 Å². The highest BCUT2D eigenvalue weighted by Gasteiger charge is 2.42. The predicted molar refractivity (Wildman–Crippen MR) is 90.8 cm³/mol. The van der Waals surface area contributed by atoms with Crippen LogP contribution < -0.4 is 5.32 Å². The third kappa shape index (κ3) is 4.50. The summed E-state index contributed by atoms with van der Waals surface area (Å²) in [6.07, 6.45) is -9.16. The van der Waals surface area contributed by atoms with E-state index in [1.807, 2.05) is 0 Å². The minimum atomic E-state index is -5.09. The molecule has 1 N–H and O–H groups in total. The summed E-state index contributed by atoms with van der Waals surface area (Å²) in [5.41, 5.74) is -3.09. The van der Waals surface area contributed by atoms with Gasteiger partial charge in [-0.3, -0.25) is 4.79 Å². The third-order valence-corrected chi connectivity index (χ3v) is 3.96. The van der Waals surface area contributed by atoms with Crippen LogP contribution in [0, 0.1) is 0 Å². The van der Waals surface area contributed by atoms with E-state index >= 15 is 0 Å². The summed E-state index contributed by atoms with van der Waals surface area (Å²) in [5, 5.41) is 5.59. The van der Waals surface area contributed by atoms with Gasteiger partial charge in [0, 0.05) is 6.07 Å². The van der Waals surface area contributed by atoms with Gasteiger partial charge in [0.2, 0.25) is 0 Å². The molecule has 0 unspecified atom stereocenters. The number of rotatable bonds is 3. The van der Waals surface area contributed by atoms with Crippen molar-refractivity contribution in [3.8, 4) is 5.82 Å². The van der Waals surface area contributed by atoms with Gasteiger partial charge in [-0.25, -0.2) is 9.67 Å². The number of alkyl halides is 6. The van der Waals surface area contributed by atoms with Crippen molar-refractivity contribution < 1.29 is 31.1 Å². The molecule has 2 heterocycles. The second kappa shape index (κ2) is 7.39. The first-order valence-corrected chi connectivity index (χ1v) is 8.11. The molecule has 0 aliphatic heterocycles. The lowest BCUT2D eigenvalue weighted by atomic mass is 10.2. The highest BCUT2D eigenvalue weighted by Crippen LogP contribution is 2.36. The van der Waals surface area contributed by atoms with Crippen LogP contribution in [0.4, 0.5) is 32.0 Å². The van der Waals surface area contributed by atoms with E-state index in [2.05, 4.69) is 15.4 Å². The number of carbonyl (C=O) groups is 1. The first-order valence-electron chi connectivity index (χ1n) is 7.73. The molecule has 0 bridgehead atoms. The Hall–Kier alpha value is -3.08. The van der Waals surface area contributed by atoms with Gasteiger partial charge in [0.1, 0.15) is 0 Å². The van der Waals surface area contributed by atoms with E-state index in [4.69, 9.17) is 11.6 Å². The maximum Gasteiger partial charge on any atom is 0.435 e. The molecule has 1 amide bonds. The number of nitrogens with zero attached hydrogens (tertiary/aromatic N) is 3. The Bertz CT molecular complexity index is 1040. The van der Waals surface area contributed by atoms with Crippen LogP contribution in [0.5, 0.6) is 0 Å². The van der Waals surface area contributed by atoms with Gasteiger partial charge < -0.3 is 5.32 Å². The number of pyridine rings is 1. The molecule has 0 aliphatic carbocycles. The SMILES string of the molecule is O=C(Nc1ccc(-n2nc(C(F)(F)F)cc2C(F)(F)F)nc1)c1ccccc1Cl. The average Bonchev–Trinajstić information content (AvgIpc) is 3.09. The molecule has 2 aromatic heterocycles. The monoisotopic (exact) mass is 434 g/mol. The molecule has 1 aromatic carbocycles. The maximum absolute atomic E-state index is 13.1. The number of hydrogen-bond donors (Lipinski definition) is 1. The largest absolute Gasteiger partial charge is 0.435 e. The number of halogens is 7. The molecule has 0 atom stereocenters. The van der Waals surface area contributed by atoms with Crippen LogP contribution in [0.2, 0.25) is 5.02 Å². The second-order valence-electron chi connectivity index (χ2n) is 5.66. The topological polar surface area (TPSA) is 59.8 Å².